The Morgan fingerprint density at radius 2 is 1.93 bits per heavy atom. The van der Waals surface area contributed by atoms with Crippen LogP contribution in [0, 0.1) is 11.2 Å². The van der Waals surface area contributed by atoms with Crippen LogP contribution in [-0.2, 0) is 11.3 Å². The number of fused-ring (bicyclic) bond motifs is 1. The Morgan fingerprint density at radius 1 is 1.18 bits per heavy atom. The molecule has 1 fully saturated rings. The molecule has 2 aromatic heterocycles. The Balaban J connectivity index is 1.63. The van der Waals surface area contributed by atoms with Crippen LogP contribution in [0.25, 0.3) is 22.2 Å². The van der Waals surface area contributed by atoms with Crippen molar-refractivity contribution >= 4 is 16.9 Å². The fourth-order valence-electron chi connectivity index (χ4n) is 3.52. The first-order chi connectivity index (χ1) is 13.2. The molecule has 5 nitrogen and oxygen atoms in total. The van der Waals surface area contributed by atoms with Gasteiger partial charge in [0.1, 0.15) is 17.9 Å². The van der Waals surface area contributed by atoms with Crippen molar-refractivity contribution in [3.05, 3.63) is 48.0 Å². The van der Waals surface area contributed by atoms with Gasteiger partial charge in [-0.1, -0.05) is 19.9 Å². The molecule has 0 N–H and O–H groups in total. The molecule has 1 aliphatic heterocycles. The van der Waals surface area contributed by atoms with Crippen molar-refractivity contribution in [1.29, 1.82) is 0 Å². The fraction of sp³-hybridized carbons (Fsp3) is 0.350. The first-order valence-corrected chi connectivity index (χ1v) is 8.91. The van der Waals surface area contributed by atoms with Crippen LogP contribution in [0.15, 0.2) is 36.7 Å². The van der Waals surface area contributed by atoms with E-state index in [0.29, 0.717) is 35.2 Å². The predicted octanol–water partition coefficient (Wildman–Crippen LogP) is 4.04. The highest BCUT2D eigenvalue weighted by Crippen LogP contribution is 2.30. The lowest BCUT2D eigenvalue weighted by molar-refractivity contribution is -0.142. The van der Waals surface area contributed by atoms with E-state index in [1.165, 1.54) is 12.3 Å². The average Bonchev–Trinajstić information content (AvgIpc) is 3.02. The topological polar surface area (TPSA) is 51.0 Å². The number of benzene rings is 1. The number of alkyl halides is 2. The van der Waals surface area contributed by atoms with E-state index in [9.17, 15) is 18.0 Å². The third-order valence-corrected chi connectivity index (χ3v) is 4.93. The number of amides is 1. The maximum Gasteiger partial charge on any atom is 0.266 e. The van der Waals surface area contributed by atoms with Crippen molar-refractivity contribution in [3.63, 3.8) is 0 Å². The molecular formula is C20H19F3N4O. The first-order valence-electron chi connectivity index (χ1n) is 8.91. The van der Waals surface area contributed by atoms with Gasteiger partial charge in [0.25, 0.3) is 6.43 Å². The fourth-order valence-corrected chi connectivity index (χ4v) is 3.52. The molecule has 0 unspecified atom stereocenters. The van der Waals surface area contributed by atoms with Crippen LogP contribution in [0.5, 0.6) is 0 Å². The Labute approximate surface area is 159 Å². The van der Waals surface area contributed by atoms with Crippen molar-refractivity contribution in [2.45, 2.75) is 26.8 Å². The number of halogens is 3. The number of rotatable bonds is 4. The van der Waals surface area contributed by atoms with Crippen LogP contribution in [0.4, 0.5) is 13.2 Å². The highest BCUT2D eigenvalue weighted by molar-refractivity contribution is 5.83. The summed E-state index contributed by atoms with van der Waals surface area (Å²) >= 11 is 0. The smallest absolute Gasteiger partial charge is 0.266 e. The Bertz CT molecular complexity index is 1050. The highest BCUT2D eigenvalue weighted by Gasteiger charge is 2.37. The molecule has 8 heteroatoms. The van der Waals surface area contributed by atoms with Crippen LogP contribution < -0.4 is 0 Å². The van der Waals surface area contributed by atoms with E-state index in [4.69, 9.17) is 0 Å². The quantitative estimate of drug-likeness (QED) is 0.678. The van der Waals surface area contributed by atoms with Gasteiger partial charge in [0, 0.05) is 24.8 Å². The zero-order valence-electron chi connectivity index (χ0n) is 15.5. The minimum absolute atomic E-state index is 0.0310. The van der Waals surface area contributed by atoms with Gasteiger partial charge in [-0.3, -0.25) is 14.5 Å². The second-order valence-electron chi connectivity index (χ2n) is 7.88. The molecule has 3 heterocycles. The minimum atomic E-state index is -2.90. The summed E-state index contributed by atoms with van der Waals surface area (Å²) in [5, 5.41) is 4.23. The number of nitrogens with zero attached hydrogens (tertiary/aromatic N) is 4. The monoisotopic (exact) mass is 388 g/mol. The van der Waals surface area contributed by atoms with Gasteiger partial charge >= 0.3 is 0 Å². The lowest BCUT2D eigenvalue weighted by atomic mass is 9.84. The van der Waals surface area contributed by atoms with Crippen molar-refractivity contribution in [2.24, 2.45) is 5.41 Å². The maximum absolute atomic E-state index is 13.6. The van der Waals surface area contributed by atoms with E-state index in [2.05, 4.69) is 23.9 Å². The van der Waals surface area contributed by atoms with E-state index in [-0.39, 0.29) is 17.9 Å². The number of carbonyl (C=O) groups excluding carboxylic acids is 1. The van der Waals surface area contributed by atoms with E-state index in [1.54, 1.807) is 21.8 Å². The number of pyridine rings is 1. The highest BCUT2D eigenvalue weighted by atomic mass is 19.3. The third-order valence-electron chi connectivity index (χ3n) is 4.93. The van der Waals surface area contributed by atoms with Crippen LogP contribution in [0.1, 0.15) is 25.8 Å². The van der Waals surface area contributed by atoms with E-state index in [0.717, 1.165) is 12.1 Å². The van der Waals surface area contributed by atoms with Crippen molar-refractivity contribution in [3.8, 4) is 11.1 Å². The summed E-state index contributed by atoms with van der Waals surface area (Å²) in [5.41, 5.74) is 1.68. The maximum atomic E-state index is 13.6. The molecule has 0 radical (unpaired) electrons. The Hall–Kier alpha value is -2.90. The normalized spacial score (nSPS) is 15.9. The summed E-state index contributed by atoms with van der Waals surface area (Å²) in [7, 11) is 0. The Morgan fingerprint density at radius 3 is 2.61 bits per heavy atom. The third kappa shape index (κ3) is 3.34. The number of hydrogen-bond donors (Lipinski definition) is 0. The van der Waals surface area contributed by atoms with E-state index < -0.39 is 17.8 Å². The summed E-state index contributed by atoms with van der Waals surface area (Å²) < 4.78 is 41.1. The molecule has 3 aromatic rings. The van der Waals surface area contributed by atoms with Gasteiger partial charge < -0.3 is 4.90 Å². The molecule has 0 atom stereocenters. The molecule has 0 bridgehead atoms. The van der Waals surface area contributed by atoms with Gasteiger partial charge in [-0.25, -0.2) is 13.2 Å². The van der Waals surface area contributed by atoms with Crippen molar-refractivity contribution in [2.75, 3.05) is 13.1 Å². The lowest BCUT2D eigenvalue weighted by Crippen LogP contribution is -2.56. The number of aromatic nitrogens is 3. The molecule has 146 valence electrons. The molecule has 1 saturated heterocycles. The number of likely N-dealkylation sites (tertiary alicyclic amines) is 1. The lowest BCUT2D eigenvalue weighted by Gasteiger charge is -2.45. The molecule has 28 heavy (non-hydrogen) atoms. The molecule has 1 amide bonds. The summed E-state index contributed by atoms with van der Waals surface area (Å²) in [6.45, 7) is 5.71. The van der Waals surface area contributed by atoms with Gasteiger partial charge in [0.15, 0.2) is 0 Å². The number of hydrogen-bond acceptors (Lipinski definition) is 3. The van der Waals surface area contributed by atoms with Crippen molar-refractivity contribution < 1.29 is 18.0 Å². The standard InChI is InChI=1S/C20H19F3N4O/c1-20(2)10-26(11-20)18(28)9-27-17-6-13(7-24-16(17)8-25-27)12-3-4-15(21)14(5-12)19(22)23/h3-8,19H,9-11H2,1-2H3. The molecule has 1 aromatic carbocycles. The zero-order valence-corrected chi connectivity index (χ0v) is 15.5. The SMILES string of the molecule is CC1(C)CN(C(=O)Cn2ncc3ncc(-c4ccc(F)c(C(F)F)c4)cc32)C1. The predicted molar refractivity (Wildman–Crippen MR) is 98.2 cm³/mol. The van der Waals surface area contributed by atoms with Crippen LogP contribution in [-0.4, -0.2) is 38.7 Å². The molecule has 4 rings (SSSR count). The van der Waals surface area contributed by atoms with Gasteiger partial charge in [-0.15, -0.1) is 0 Å². The summed E-state index contributed by atoms with van der Waals surface area (Å²) in [6.07, 6.45) is 0.179. The van der Waals surface area contributed by atoms with Gasteiger partial charge in [-0.2, -0.15) is 5.10 Å². The zero-order chi connectivity index (χ0) is 20.1. The first kappa shape index (κ1) is 18.5. The average molecular weight is 388 g/mol. The summed E-state index contributed by atoms with van der Waals surface area (Å²) in [6, 6.07) is 5.30. The largest absolute Gasteiger partial charge is 0.340 e. The second kappa shape index (κ2) is 6.61. The molecule has 0 saturated carbocycles. The molecule has 1 aliphatic rings. The Kier molecular flexibility index (Phi) is 4.36. The van der Waals surface area contributed by atoms with Crippen molar-refractivity contribution in [1.82, 2.24) is 19.7 Å². The van der Waals surface area contributed by atoms with Gasteiger partial charge in [0.05, 0.1) is 17.3 Å². The summed E-state index contributed by atoms with van der Waals surface area (Å²) in [4.78, 5) is 18.5. The molecular weight excluding hydrogens is 369 g/mol. The molecule has 0 aliphatic carbocycles. The van der Waals surface area contributed by atoms with Gasteiger partial charge in [0.2, 0.25) is 5.91 Å². The second-order valence-corrected chi connectivity index (χ2v) is 7.88. The van der Waals surface area contributed by atoms with Crippen LogP contribution in [0.3, 0.4) is 0 Å². The molecule has 0 spiro atoms. The summed E-state index contributed by atoms with van der Waals surface area (Å²) in [5.74, 6) is -0.975. The van der Waals surface area contributed by atoms with Gasteiger partial charge in [-0.05, 0) is 29.2 Å². The van der Waals surface area contributed by atoms with E-state index in [1.807, 2.05) is 0 Å². The van der Waals surface area contributed by atoms with Crippen LogP contribution >= 0.6 is 0 Å². The number of carbonyl (C=O) groups is 1. The minimum Gasteiger partial charge on any atom is -0.340 e. The van der Waals surface area contributed by atoms with Crippen LogP contribution in [0.2, 0.25) is 0 Å². The van der Waals surface area contributed by atoms with E-state index >= 15 is 0 Å².